The number of para-hydroxylation sites is 8. The molecule has 0 saturated carbocycles. The van der Waals surface area contributed by atoms with E-state index >= 15 is 0 Å². The Morgan fingerprint density at radius 1 is 0.388 bits per heavy atom. The molecule has 0 radical (unpaired) electrons. The molecule has 0 atom stereocenters. The number of benzene rings is 7. The molecule has 0 unspecified atom stereocenters. The van der Waals surface area contributed by atoms with E-state index in [1.165, 1.54) is 36.0 Å². The van der Waals surface area contributed by atoms with Crippen LogP contribution in [0.2, 0.25) is 0 Å². The summed E-state index contributed by atoms with van der Waals surface area (Å²) in [5.74, 6) is 3.36. The third kappa shape index (κ3) is 3.97. The van der Waals surface area contributed by atoms with Gasteiger partial charge in [0, 0.05) is 19.6 Å². The van der Waals surface area contributed by atoms with Crippen molar-refractivity contribution in [2.24, 2.45) is 0 Å². The largest absolute Gasteiger partial charge is 0.453 e. The van der Waals surface area contributed by atoms with E-state index < -0.39 is 0 Å². The Morgan fingerprint density at radius 2 is 0.735 bits per heavy atom. The summed E-state index contributed by atoms with van der Waals surface area (Å²) in [4.78, 5) is 9.94. The zero-order valence-corrected chi connectivity index (χ0v) is 27.7. The first-order valence-corrected chi connectivity index (χ1v) is 18.0. The highest BCUT2D eigenvalue weighted by Gasteiger charge is 2.43. The van der Waals surface area contributed by atoms with Gasteiger partial charge in [-0.3, -0.25) is 0 Å². The van der Waals surface area contributed by atoms with E-state index in [4.69, 9.17) is 9.47 Å². The zero-order chi connectivity index (χ0) is 32.1. The Balaban J connectivity index is 1.28. The first-order chi connectivity index (χ1) is 24.3. The summed E-state index contributed by atoms with van der Waals surface area (Å²) in [5.41, 5.74) is 10.4. The molecule has 0 bridgehead atoms. The molecule has 0 N–H and O–H groups in total. The van der Waals surface area contributed by atoms with Crippen molar-refractivity contribution < 1.29 is 9.47 Å². The molecule has 0 spiro atoms. The van der Waals surface area contributed by atoms with Crippen molar-refractivity contribution in [1.29, 1.82) is 0 Å². The minimum Gasteiger partial charge on any atom is -0.453 e. The van der Waals surface area contributed by atoms with Gasteiger partial charge in [-0.15, -0.1) is 0 Å². The molecule has 4 heterocycles. The maximum atomic E-state index is 6.51. The summed E-state index contributed by atoms with van der Waals surface area (Å²) in [6, 6.07) is 53.8. The minimum atomic E-state index is 0.0802. The van der Waals surface area contributed by atoms with Crippen LogP contribution in [0.15, 0.2) is 171 Å². The molecular formula is C42H25BN2O2S2. The lowest BCUT2D eigenvalue weighted by Crippen LogP contribution is -2.58. The Labute approximate surface area is 293 Å². The van der Waals surface area contributed by atoms with Gasteiger partial charge in [0.05, 0.1) is 34.1 Å². The van der Waals surface area contributed by atoms with Crippen molar-refractivity contribution in [3.05, 3.63) is 152 Å². The van der Waals surface area contributed by atoms with Gasteiger partial charge in [0.1, 0.15) is 0 Å². The fourth-order valence-corrected chi connectivity index (χ4v) is 10.3. The molecule has 0 aliphatic carbocycles. The molecule has 7 heteroatoms. The molecule has 0 fully saturated rings. The van der Waals surface area contributed by atoms with E-state index in [2.05, 4.69) is 137 Å². The van der Waals surface area contributed by atoms with Gasteiger partial charge in [0.2, 0.25) is 6.71 Å². The third-order valence-electron chi connectivity index (χ3n) is 9.75. The Kier molecular flexibility index (Phi) is 5.88. The molecule has 11 rings (SSSR count). The topological polar surface area (TPSA) is 24.9 Å². The van der Waals surface area contributed by atoms with Crippen LogP contribution in [0.4, 0.5) is 34.1 Å². The second kappa shape index (κ2) is 10.5. The summed E-state index contributed by atoms with van der Waals surface area (Å²) in [7, 11) is 0. The van der Waals surface area contributed by atoms with E-state index in [1.54, 1.807) is 0 Å². The van der Waals surface area contributed by atoms with Crippen LogP contribution in [0, 0.1) is 0 Å². The smallest absolute Gasteiger partial charge is 0.247 e. The SMILES string of the molecule is c1ccc2c(c1)Oc1ccccc1N2c1cc(N2c3ccccc3Oc3ccccc32)c2c3c1Sc1ccccc1B3c1ccccc1S2. The first-order valence-electron chi connectivity index (χ1n) is 16.4. The maximum Gasteiger partial charge on any atom is 0.247 e. The van der Waals surface area contributed by atoms with Crippen LogP contribution in [0.5, 0.6) is 23.0 Å². The van der Waals surface area contributed by atoms with Crippen LogP contribution in [0.1, 0.15) is 0 Å². The van der Waals surface area contributed by atoms with Gasteiger partial charge in [0.15, 0.2) is 23.0 Å². The van der Waals surface area contributed by atoms with Crippen LogP contribution in [0.25, 0.3) is 0 Å². The quantitative estimate of drug-likeness (QED) is 0.171. The second-order valence-electron chi connectivity index (χ2n) is 12.4. The lowest BCUT2D eigenvalue weighted by atomic mass is 9.36. The minimum absolute atomic E-state index is 0.0802. The average Bonchev–Trinajstić information content (AvgIpc) is 3.16. The Hall–Kier alpha value is -5.50. The van der Waals surface area contributed by atoms with Crippen LogP contribution < -0.4 is 35.7 Å². The number of ether oxygens (including phenoxy) is 2. The van der Waals surface area contributed by atoms with Gasteiger partial charge in [-0.1, -0.05) is 119 Å². The van der Waals surface area contributed by atoms with Gasteiger partial charge in [0.25, 0.3) is 0 Å². The van der Waals surface area contributed by atoms with Crippen molar-refractivity contribution in [3.63, 3.8) is 0 Å². The van der Waals surface area contributed by atoms with Crippen LogP contribution in [-0.2, 0) is 0 Å². The summed E-state index contributed by atoms with van der Waals surface area (Å²) in [5, 5.41) is 0. The molecule has 0 aromatic heterocycles. The van der Waals surface area contributed by atoms with Gasteiger partial charge in [-0.25, -0.2) is 0 Å². The van der Waals surface area contributed by atoms with Crippen molar-refractivity contribution in [3.8, 4) is 23.0 Å². The Bertz CT molecular complexity index is 2260. The molecular weight excluding hydrogens is 639 g/mol. The molecule has 0 amide bonds. The molecule has 230 valence electrons. The number of nitrogens with zero attached hydrogens (tertiary/aromatic N) is 2. The van der Waals surface area contributed by atoms with Crippen LogP contribution in [0.3, 0.4) is 0 Å². The fourth-order valence-electron chi connectivity index (χ4n) is 7.70. The van der Waals surface area contributed by atoms with Gasteiger partial charge >= 0.3 is 0 Å². The number of fused-ring (bicyclic) bond motifs is 8. The normalized spacial score (nSPS) is 14.2. The van der Waals surface area contributed by atoms with Crippen molar-refractivity contribution >= 4 is 80.7 Å². The molecule has 4 nitrogen and oxygen atoms in total. The van der Waals surface area contributed by atoms with E-state index in [9.17, 15) is 0 Å². The highest BCUT2D eigenvalue weighted by atomic mass is 32.2. The monoisotopic (exact) mass is 664 g/mol. The van der Waals surface area contributed by atoms with Crippen molar-refractivity contribution in [2.75, 3.05) is 9.80 Å². The first kappa shape index (κ1) is 27.5. The van der Waals surface area contributed by atoms with E-state index in [0.29, 0.717) is 0 Å². The summed E-state index contributed by atoms with van der Waals surface area (Å²) >= 11 is 3.76. The molecule has 4 aliphatic rings. The second-order valence-corrected chi connectivity index (χ2v) is 14.5. The highest BCUT2D eigenvalue weighted by molar-refractivity contribution is 8.01. The van der Waals surface area contributed by atoms with Crippen molar-refractivity contribution in [2.45, 2.75) is 19.6 Å². The van der Waals surface area contributed by atoms with Gasteiger partial charge in [-0.05, 0) is 72.2 Å². The summed E-state index contributed by atoms with van der Waals surface area (Å²) in [6.45, 7) is 0.0802. The third-order valence-corrected chi connectivity index (χ3v) is 12.2. The average molecular weight is 665 g/mol. The molecule has 4 aliphatic heterocycles. The van der Waals surface area contributed by atoms with Gasteiger partial charge in [-0.2, -0.15) is 0 Å². The molecule has 49 heavy (non-hydrogen) atoms. The Morgan fingerprint density at radius 3 is 1.14 bits per heavy atom. The van der Waals surface area contributed by atoms with E-state index in [1.807, 2.05) is 47.8 Å². The van der Waals surface area contributed by atoms with Crippen molar-refractivity contribution in [1.82, 2.24) is 0 Å². The zero-order valence-electron chi connectivity index (χ0n) is 26.0. The lowest BCUT2D eigenvalue weighted by Gasteiger charge is -2.41. The van der Waals surface area contributed by atoms with Gasteiger partial charge < -0.3 is 19.3 Å². The highest BCUT2D eigenvalue weighted by Crippen LogP contribution is 2.58. The number of hydrogen-bond acceptors (Lipinski definition) is 6. The molecule has 7 aromatic rings. The summed E-state index contributed by atoms with van der Waals surface area (Å²) < 4.78 is 13.0. The standard InChI is InChI=1S/C42H25BN2O2S2/c1-11-23-38-26(13-1)43-27-14-2-12-24-39(27)49-42-33(45-30-17-5-9-21-36(30)47-37-22-10-6-18-31(37)45)25-32(41(48-38)40(42)43)44-28-15-3-7-19-34(28)46-35-20-8-4-16-29(35)44/h1-25H. The lowest BCUT2D eigenvalue weighted by molar-refractivity contribution is 0.476. The number of rotatable bonds is 2. The number of anilines is 6. The fraction of sp³-hybridized carbons (Fsp3) is 0. The predicted molar refractivity (Wildman–Crippen MR) is 202 cm³/mol. The molecule has 0 saturated heterocycles. The summed E-state index contributed by atoms with van der Waals surface area (Å²) in [6.07, 6.45) is 0. The van der Waals surface area contributed by atoms with Crippen LogP contribution in [-0.4, -0.2) is 6.71 Å². The number of hydrogen-bond donors (Lipinski definition) is 0. The predicted octanol–water partition coefficient (Wildman–Crippen LogP) is 10.3. The molecule has 7 aromatic carbocycles. The van der Waals surface area contributed by atoms with Crippen LogP contribution >= 0.6 is 23.5 Å². The maximum absolute atomic E-state index is 6.51. The van der Waals surface area contributed by atoms with E-state index in [0.717, 1.165) is 57.1 Å². The van der Waals surface area contributed by atoms with E-state index in [-0.39, 0.29) is 6.71 Å².